The van der Waals surface area contributed by atoms with E-state index in [2.05, 4.69) is 10.0 Å². The van der Waals surface area contributed by atoms with E-state index in [9.17, 15) is 13.2 Å². The highest BCUT2D eigenvalue weighted by Crippen LogP contribution is 2.15. The van der Waals surface area contributed by atoms with Crippen molar-refractivity contribution in [2.24, 2.45) is 0 Å². The number of ether oxygens (including phenoxy) is 1. The van der Waals surface area contributed by atoms with E-state index in [4.69, 9.17) is 4.74 Å². The monoisotopic (exact) mass is 413 g/mol. The van der Waals surface area contributed by atoms with E-state index in [1.165, 1.54) is 12.1 Å². The summed E-state index contributed by atoms with van der Waals surface area (Å²) in [6.07, 6.45) is 3.84. The van der Waals surface area contributed by atoms with Crippen molar-refractivity contribution in [3.63, 3.8) is 0 Å². The lowest BCUT2D eigenvalue weighted by molar-refractivity contribution is 0.0954. The number of aromatic nitrogens is 1. The highest BCUT2D eigenvalue weighted by molar-refractivity contribution is 7.89. The molecule has 0 saturated heterocycles. The maximum Gasteiger partial charge on any atom is 0.251 e. The average molecular weight is 413 g/mol. The summed E-state index contributed by atoms with van der Waals surface area (Å²) in [6, 6.07) is 17.2. The number of carbonyl (C=O) groups excluding carboxylic acids is 1. The lowest BCUT2D eigenvalue weighted by atomic mass is 10.2. The third kappa shape index (κ3) is 5.46. The number of amides is 1. The number of benzene rings is 2. The zero-order valence-electron chi connectivity index (χ0n) is 16.0. The summed E-state index contributed by atoms with van der Waals surface area (Å²) in [7, 11) is -3.64. The Morgan fingerprint density at radius 1 is 0.966 bits per heavy atom. The standard InChI is InChI=1S/C21H23N3O4S/c1-2-28-19-9-11-20(12-10-19)29(26,27)23-14-13-22-21(25)17-5-7-18(8-6-17)24-15-3-4-16-24/h3-12,15-16,23H,2,13-14H2,1H3,(H,22,25). The first kappa shape index (κ1) is 20.6. The molecule has 0 atom stereocenters. The fourth-order valence-electron chi connectivity index (χ4n) is 2.72. The molecule has 152 valence electrons. The number of carbonyl (C=O) groups is 1. The van der Waals surface area contributed by atoms with E-state index in [1.807, 2.05) is 48.1 Å². The molecule has 3 rings (SSSR count). The van der Waals surface area contributed by atoms with E-state index >= 15 is 0 Å². The van der Waals surface area contributed by atoms with Crippen molar-refractivity contribution in [1.29, 1.82) is 0 Å². The Morgan fingerprint density at radius 2 is 1.62 bits per heavy atom. The van der Waals surface area contributed by atoms with Crippen LogP contribution in [0.2, 0.25) is 0 Å². The van der Waals surface area contributed by atoms with E-state index in [0.717, 1.165) is 5.69 Å². The molecule has 0 radical (unpaired) electrons. The van der Waals surface area contributed by atoms with Gasteiger partial charge in [0.05, 0.1) is 11.5 Å². The van der Waals surface area contributed by atoms with E-state index in [1.54, 1.807) is 24.3 Å². The van der Waals surface area contributed by atoms with Crippen molar-refractivity contribution >= 4 is 15.9 Å². The number of sulfonamides is 1. The number of rotatable bonds is 9. The zero-order chi connectivity index (χ0) is 20.7. The fraction of sp³-hybridized carbons (Fsp3) is 0.190. The summed E-state index contributed by atoms with van der Waals surface area (Å²) >= 11 is 0. The maximum atomic E-state index is 12.3. The average Bonchev–Trinajstić information content (AvgIpc) is 3.27. The second-order valence-corrected chi connectivity index (χ2v) is 7.96. The molecular weight excluding hydrogens is 390 g/mol. The van der Waals surface area contributed by atoms with Gasteiger partial charge < -0.3 is 14.6 Å². The van der Waals surface area contributed by atoms with Crippen molar-refractivity contribution < 1.29 is 17.9 Å². The molecule has 0 spiro atoms. The first-order valence-corrected chi connectivity index (χ1v) is 10.7. The van der Waals surface area contributed by atoms with Crippen LogP contribution in [0.15, 0.2) is 78.0 Å². The van der Waals surface area contributed by atoms with Gasteiger partial charge in [-0.3, -0.25) is 4.79 Å². The molecule has 2 aromatic carbocycles. The summed E-state index contributed by atoms with van der Waals surface area (Å²) < 4.78 is 34.3. The predicted molar refractivity (Wildman–Crippen MR) is 111 cm³/mol. The van der Waals surface area contributed by atoms with Crippen LogP contribution in [0.25, 0.3) is 5.69 Å². The molecule has 3 aromatic rings. The molecule has 0 bridgehead atoms. The lowest BCUT2D eigenvalue weighted by Crippen LogP contribution is -2.34. The van der Waals surface area contributed by atoms with Crippen LogP contribution in [0.4, 0.5) is 0 Å². The largest absolute Gasteiger partial charge is 0.494 e. The van der Waals surface area contributed by atoms with Gasteiger partial charge in [0.2, 0.25) is 10.0 Å². The van der Waals surface area contributed by atoms with Crippen molar-refractivity contribution in [2.75, 3.05) is 19.7 Å². The Kier molecular flexibility index (Phi) is 6.69. The minimum absolute atomic E-state index is 0.0860. The van der Waals surface area contributed by atoms with Crippen LogP contribution in [0.5, 0.6) is 5.75 Å². The van der Waals surface area contributed by atoms with E-state index in [-0.39, 0.29) is 23.9 Å². The van der Waals surface area contributed by atoms with Crippen molar-refractivity contribution in [3.8, 4) is 11.4 Å². The van der Waals surface area contributed by atoms with Crippen molar-refractivity contribution in [3.05, 3.63) is 78.6 Å². The minimum atomic E-state index is -3.64. The van der Waals surface area contributed by atoms with Gasteiger partial charge in [-0.2, -0.15) is 0 Å². The molecule has 1 aromatic heterocycles. The predicted octanol–water partition coefficient (Wildman–Crippen LogP) is 2.58. The summed E-state index contributed by atoms with van der Waals surface area (Å²) in [5.74, 6) is 0.353. The minimum Gasteiger partial charge on any atom is -0.494 e. The van der Waals surface area contributed by atoms with Crippen LogP contribution in [0, 0.1) is 0 Å². The third-order valence-corrected chi connectivity index (χ3v) is 5.66. The van der Waals surface area contributed by atoms with Crippen LogP contribution in [0.3, 0.4) is 0 Å². The SMILES string of the molecule is CCOc1ccc(S(=O)(=O)NCCNC(=O)c2ccc(-n3cccc3)cc2)cc1. The molecule has 0 aliphatic carbocycles. The van der Waals surface area contributed by atoms with Gasteiger partial charge in [-0.15, -0.1) is 0 Å². The Hall–Kier alpha value is -3.10. The van der Waals surface area contributed by atoms with Crippen molar-refractivity contribution in [1.82, 2.24) is 14.6 Å². The van der Waals surface area contributed by atoms with Crippen LogP contribution in [-0.2, 0) is 10.0 Å². The molecule has 7 nitrogen and oxygen atoms in total. The second-order valence-electron chi connectivity index (χ2n) is 6.20. The van der Waals surface area contributed by atoms with Gasteiger partial charge in [-0.1, -0.05) is 0 Å². The smallest absolute Gasteiger partial charge is 0.251 e. The fourth-order valence-corrected chi connectivity index (χ4v) is 3.75. The number of nitrogens with zero attached hydrogens (tertiary/aromatic N) is 1. The van der Waals surface area contributed by atoms with Gasteiger partial charge in [-0.25, -0.2) is 13.1 Å². The molecule has 8 heteroatoms. The first-order valence-electron chi connectivity index (χ1n) is 9.24. The molecule has 0 aliphatic heterocycles. The highest BCUT2D eigenvalue weighted by Gasteiger charge is 2.13. The Morgan fingerprint density at radius 3 is 2.24 bits per heavy atom. The van der Waals surface area contributed by atoms with Gasteiger partial charge in [0, 0.05) is 36.7 Å². The Bertz CT molecular complexity index is 1030. The van der Waals surface area contributed by atoms with Crippen molar-refractivity contribution in [2.45, 2.75) is 11.8 Å². The first-order chi connectivity index (χ1) is 14.0. The quantitative estimate of drug-likeness (QED) is 0.528. The Labute approximate surface area is 170 Å². The van der Waals surface area contributed by atoms with Crippen LogP contribution >= 0.6 is 0 Å². The lowest BCUT2D eigenvalue weighted by Gasteiger charge is -2.09. The van der Waals surface area contributed by atoms with Crippen LogP contribution in [-0.4, -0.2) is 38.6 Å². The summed E-state index contributed by atoms with van der Waals surface area (Å²) in [4.78, 5) is 12.4. The molecule has 0 unspecified atom stereocenters. The topological polar surface area (TPSA) is 89.4 Å². The zero-order valence-corrected chi connectivity index (χ0v) is 16.9. The third-order valence-electron chi connectivity index (χ3n) is 4.18. The van der Waals surface area contributed by atoms with Gasteiger partial charge in [0.15, 0.2) is 0 Å². The molecule has 0 saturated carbocycles. The Balaban J connectivity index is 1.48. The van der Waals surface area contributed by atoms with E-state index in [0.29, 0.717) is 17.9 Å². The van der Waals surface area contributed by atoms with Crippen LogP contribution < -0.4 is 14.8 Å². The maximum absolute atomic E-state index is 12.3. The molecule has 2 N–H and O–H groups in total. The van der Waals surface area contributed by atoms with Crippen LogP contribution in [0.1, 0.15) is 17.3 Å². The normalized spacial score (nSPS) is 11.2. The van der Waals surface area contributed by atoms with Gasteiger partial charge in [0.1, 0.15) is 5.75 Å². The summed E-state index contributed by atoms with van der Waals surface area (Å²) in [5, 5.41) is 2.71. The van der Waals surface area contributed by atoms with Gasteiger partial charge in [0.25, 0.3) is 5.91 Å². The second kappa shape index (κ2) is 9.40. The van der Waals surface area contributed by atoms with E-state index < -0.39 is 10.0 Å². The molecular formula is C21H23N3O4S. The highest BCUT2D eigenvalue weighted by atomic mass is 32.2. The molecule has 0 aliphatic rings. The molecule has 1 amide bonds. The number of hydrogen-bond acceptors (Lipinski definition) is 4. The molecule has 0 fully saturated rings. The number of hydrogen-bond donors (Lipinski definition) is 2. The van der Waals surface area contributed by atoms with Gasteiger partial charge in [-0.05, 0) is 67.6 Å². The summed E-state index contributed by atoms with van der Waals surface area (Å²) in [5.41, 5.74) is 1.46. The summed E-state index contributed by atoms with van der Waals surface area (Å²) in [6.45, 7) is 2.63. The number of nitrogens with one attached hydrogen (secondary N) is 2. The van der Waals surface area contributed by atoms with Gasteiger partial charge >= 0.3 is 0 Å². The molecule has 29 heavy (non-hydrogen) atoms. The molecule has 1 heterocycles.